The van der Waals surface area contributed by atoms with Crippen LogP contribution < -0.4 is 0 Å². The van der Waals surface area contributed by atoms with Crippen LogP contribution in [-0.4, -0.2) is 46.9 Å². The van der Waals surface area contributed by atoms with Gasteiger partial charge in [0, 0.05) is 24.6 Å². The third-order valence-corrected chi connectivity index (χ3v) is 5.11. The number of carbonyl (C=O) groups is 2. The molecular weight excluding hydrogens is 342 g/mol. The molecule has 1 aliphatic rings. The first-order chi connectivity index (χ1) is 13.2. The standard InChI is InChI=1S/C21H21N3O3/c1-27-21(26)16-6-4-5-15(13-16)20(25)24-11-9-14(10-12-24)19-22-17-7-2-3-8-18(17)23-19/h2-8,13-14H,9-12H2,1H3,(H,22,23). The molecule has 6 nitrogen and oxygen atoms in total. The lowest BCUT2D eigenvalue weighted by atomic mass is 9.95. The third-order valence-electron chi connectivity index (χ3n) is 5.11. The number of piperidine rings is 1. The second kappa shape index (κ2) is 7.23. The number of carbonyl (C=O) groups excluding carboxylic acids is 2. The summed E-state index contributed by atoms with van der Waals surface area (Å²) >= 11 is 0. The van der Waals surface area contributed by atoms with Gasteiger partial charge in [-0.3, -0.25) is 4.79 Å². The summed E-state index contributed by atoms with van der Waals surface area (Å²) < 4.78 is 4.73. The Morgan fingerprint density at radius 1 is 1.07 bits per heavy atom. The molecule has 3 aromatic rings. The van der Waals surface area contributed by atoms with Gasteiger partial charge in [0.2, 0.25) is 0 Å². The number of para-hydroxylation sites is 2. The van der Waals surface area contributed by atoms with E-state index in [2.05, 4.69) is 4.98 Å². The Balaban J connectivity index is 1.44. The largest absolute Gasteiger partial charge is 0.465 e. The van der Waals surface area contributed by atoms with Crippen LogP contribution in [-0.2, 0) is 4.74 Å². The van der Waals surface area contributed by atoms with E-state index in [-0.39, 0.29) is 5.91 Å². The Labute approximate surface area is 157 Å². The van der Waals surface area contributed by atoms with Gasteiger partial charge in [-0.15, -0.1) is 0 Å². The van der Waals surface area contributed by atoms with Gasteiger partial charge in [-0.05, 0) is 43.2 Å². The van der Waals surface area contributed by atoms with Crippen molar-refractivity contribution in [1.82, 2.24) is 14.9 Å². The minimum absolute atomic E-state index is 0.0520. The van der Waals surface area contributed by atoms with Crippen molar-refractivity contribution >= 4 is 22.9 Å². The molecule has 0 atom stereocenters. The number of H-pyrrole nitrogens is 1. The molecule has 1 amide bonds. The van der Waals surface area contributed by atoms with Crippen LogP contribution in [0.15, 0.2) is 48.5 Å². The quantitative estimate of drug-likeness (QED) is 0.724. The van der Waals surface area contributed by atoms with Crippen LogP contribution in [0.3, 0.4) is 0 Å². The van der Waals surface area contributed by atoms with E-state index in [4.69, 9.17) is 9.72 Å². The van der Waals surface area contributed by atoms with E-state index >= 15 is 0 Å². The molecule has 1 aliphatic heterocycles. The summed E-state index contributed by atoms with van der Waals surface area (Å²) in [6, 6.07) is 14.7. The van der Waals surface area contributed by atoms with Gasteiger partial charge in [0.25, 0.3) is 5.91 Å². The van der Waals surface area contributed by atoms with E-state index in [9.17, 15) is 9.59 Å². The van der Waals surface area contributed by atoms with Gasteiger partial charge in [0.15, 0.2) is 0 Å². The van der Waals surface area contributed by atoms with Gasteiger partial charge in [0.1, 0.15) is 5.82 Å². The van der Waals surface area contributed by atoms with E-state index in [1.165, 1.54) is 7.11 Å². The number of nitrogens with one attached hydrogen (secondary N) is 1. The molecule has 4 rings (SSSR count). The van der Waals surface area contributed by atoms with Gasteiger partial charge < -0.3 is 14.6 Å². The molecule has 1 fully saturated rings. The Kier molecular flexibility index (Phi) is 4.62. The average Bonchev–Trinajstić information content (AvgIpc) is 3.17. The number of ether oxygens (including phenoxy) is 1. The number of hydrogen-bond acceptors (Lipinski definition) is 4. The van der Waals surface area contributed by atoms with Crippen molar-refractivity contribution < 1.29 is 14.3 Å². The van der Waals surface area contributed by atoms with Crippen LogP contribution in [0.5, 0.6) is 0 Å². The summed E-state index contributed by atoms with van der Waals surface area (Å²) in [6.07, 6.45) is 1.73. The highest BCUT2D eigenvalue weighted by molar-refractivity contribution is 5.98. The summed E-state index contributed by atoms with van der Waals surface area (Å²) in [7, 11) is 1.33. The second-order valence-corrected chi connectivity index (χ2v) is 6.78. The molecule has 6 heteroatoms. The normalized spacial score (nSPS) is 15.1. The van der Waals surface area contributed by atoms with Crippen molar-refractivity contribution in [2.75, 3.05) is 20.2 Å². The fourth-order valence-corrected chi connectivity index (χ4v) is 3.60. The van der Waals surface area contributed by atoms with Crippen molar-refractivity contribution in [3.8, 4) is 0 Å². The van der Waals surface area contributed by atoms with Crippen molar-refractivity contribution in [3.63, 3.8) is 0 Å². The SMILES string of the molecule is COC(=O)c1cccc(C(=O)N2CCC(c3nc4ccccc4[nH]3)CC2)c1. The van der Waals surface area contributed by atoms with Crippen LogP contribution >= 0.6 is 0 Å². The molecule has 0 bridgehead atoms. The molecule has 27 heavy (non-hydrogen) atoms. The number of methoxy groups -OCH3 is 1. The van der Waals surface area contributed by atoms with Crippen molar-refractivity contribution in [2.45, 2.75) is 18.8 Å². The lowest BCUT2D eigenvalue weighted by Crippen LogP contribution is -2.38. The van der Waals surface area contributed by atoms with E-state index in [0.717, 1.165) is 29.7 Å². The molecule has 0 unspecified atom stereocenters. The third kappa shape index (κ3) is 3.43. The van der Waals surface area contributed by atoms with E-state index < -0.39 is 5.97 Å². The maximum Gasteiger partial charge on any atom is 0.337 e. The Morgan fingerprint density at radius 3 is 2.56 bits per heavy atom. The number of fused-ring (bicyclic) bond motifs is 1. The summed E-state index contributed by atoms with van der Waals surface area (Å²) in [4.78, 5) is 34.4. The molecule has 1 aromatic heterocycles. The number of aromatic nitrogens is 2. The van der Waals surface area contributed by atoms with E-state index in [1.807, 2.05) is 29.2 Å². The first kappa shape index (κ1) is 17.3. The number of hydrogen-bond donors (Lipinski definition) is 1. The predicted octanol–water partition coefficient (Wildman–Crippen LogP) is 3.37. The Hall–Kier alpha value is -3.15. The van der Waals surface area contributed by atoms with Gasteiger partial charge in [0.05, 0.1) is 23.7 Å². The predicted molar refractivity (Wildman–Crippen MR) is 102 cm³/mol. The number of nitrogens with zero attached hydrogens (tertiary/aromatic N) is 2. The lowest BCUT2D eigenvalue weighted by Gasteiger charge is -2.31. The number of amides is 1. The van der Waals surface area contributed by atoms with Crippen molar-refractivity contribution in [2.24, 2.45) is 0 Å². The number of imidazole rings is 1. The smallest absolute Gasteiger partial charge is 0.337 e. The Morgan fingerprint density at radius 2 is 1.81 bits per heavy atom. The van der Waals surface area contributed by atoms with E-state index in [1.54, 1.807) is 24.3 Å². The van der Waals surface area contributed by atoms with Crippen LogP contribution in [0.2, 0.25) is 0 Å². The number of likely N-dealkylation sites (tertiary alicyclic amines) is 1. The number of aromatic amines is 1. The van der Waals surface area contributed by atoms with Crippen LogP contribution in [0.25, 0.3) is 11.0 Å². The molecule has 0 saturated carbocycles. The minimum Gasteiger partial charge on any atom is -0.465 e. The summed E-state index contributed by atoms with van der Waals surface area (Å²) in [6.45, 7) is 1.34. The fraction of sp³-hybridized carbons (Fsp3) is 0.286. The van der Waals surface area contributed by atoms with Gasteiger partial charge >= 0.3 is 5.97 Å². The highest BCUT2D eigenvalue weighted by Crippen LogP contribution is 2.28. The van der Waals surface area contributed by atoms with Crippen LogP contribution in [0.1, 0.15) is 45.3 Å². The van der Waals surface area contributed by atoms with Gasteiger partial charge in [-0.2, -0.15) is 0 Å². The van der Waals surface area contributed by atoms with Crippen LogP contribution in [0, 0.1) is 0 Å². The van der Waals surface area contributed by atoms with Gasteiger partial charge in [-0.1, -0.05) is 18.2 Å². The van der Waals surface area contributed by atoms with Crippen molar-refractivity contribution in [3.05, 3.63) is 65.5 Å². The lowest BCUT2D eigenvalue weighted by molar-refractivity contribution is 0.0600. The zero-order valence-electron chi connectivity index (χ0n) is 15.1. The zero-order chi connectivity index (χ0) is 18.8. The number of benzene rings is 2. The van der Waals surface area contributed by atoms with Crippen molar-refractivity contribution in [1.29, 1.82) is 0 Å². The molecule has 1 saturated heterocycles. The minimum atomic E-state index is -0.437. The molecule has 1 N–H and O–H groups in total. The average molecular weight is 363 g/mol. The second-order valence-electron chi connectivity index (χ2n) is 6.78. The summed E-state index contributed by atoms with van der Waals surface area (Å²) in [5, 5.41) is 0. The number of rotatable bonds is 3. The Bertz CT molecular complexity index is 954. The summed E-state index contributed by atoms with van der Waals surface area (Å²) in [5.41, 5.74) is 2.93. The number of esters is 1. The fourth-order valence-electron chi connectivity index (χ4n) is 3.60. The monoisotopic (exact) mass is 363 g/mol. The molecule has 0 spiro atoms. The molecule has 138 valence electrons. The highest BCUT2D eigenvalue weighted by Gasteiger charge is 2.26. The first-order valence-electron chi connectivity index (χ1n) is 9.08. The summed E-state index contributed by atoms with van der Waals surface area (Å²) in [5.74, 6) is 0.830. The first-order valence-corrected chi connectivity index (χ1v) is 9.08. The molecular formula is C21H21N3O3. The van der Waals surface area contributed by atoms with E-state index in [0.29, 0.717) is 30.1 Å². The van der Waals surface area contributed by atoms with Gasteiger partial charge in [-0.25, -0.2) is 9.78 Å². The van der Waals surface area contributed by atoms with Crippen LogP contribution in [0.4, 0.5) is 0 Å². The maximum atomic E-state index is 12.8. The molecule has 2 aromatic carbocycles. The molecule has 0 radical (unpaired) electrons. The highest BCUT2D eigenvalue weighted by atomic mass is 16.5. The zero-order valence-corrected chi connectivity index (χ0v) is 15.1. The topological polar surface area (TPSA) is 75.3 Å². The molecule has 2 heterocycles. The molecule has 0 aliphatic carbocycles. The maximum absolute atomic E-state index is 12.8.